The molecule has 88 valence electrons. The van der Waals surface area contributed by atoms with Crippen molar-refractivity contribution in [2.24, 2.45) is 0 Å². The van der Waals surface area contributed by atoms with Gasteiger partial charge in [-0.3, -0.25) is 5.41 Å². The quantitative estimate of drug-likeness (QED) is 0.691. The van der Waals surface area contributed by atoms with Crippen LogP contribution in [0.3, 0.4) is 0 Å². The molecule has 0 unspecified atom stereocenters. The van der Waals surface area contributed by atoms with Gasteiger partial charge < -0.3 is 4.74 Å². The first-order valence-corrected chi connectivity index (χ1v) is 5.87. The lowest BCUT2D eigenvalue weighted by Crippen LogP contribution is -1.97. The lowest BCUT2D eigenvalue weighted by molar-refractivity contribution is 0.363. The summed E-state index contributed by atoms with van der Waals surface area (Å²) < 4.78 is 5.51. The van der Waals surface area contributed by atoms with Gasteiger partial charge in [0.15, 0.2) is 0 Å². The van der Waals surface area contributed by atoms with Gasteiger partial charge in [-0.05, 0) is 29.3 Å². The Balaban J connectivity index is 2.08. The van der Waals surface area contributed by atoms with Gasteiger partial charge in [0.25, 0.3) is 0 Å². The molecule has 0 aromatic heterocycles. The van der Waals surface area contributed by atoms with Gasteiger partial charge in [-0.1, -0.05) is 36.9 Å². The normalized spacial score (nSPS) is 11.9. The topological polar surface area (TPSA) is 33.1 Å². The van der Waals surface area contributed by atoms with Gasteiger partial charge in [-0.25, -0.2) is 0 Å². The fourth-order valence-electron chi connectivity index (χ4n) is 2.29. The molecule has 3 rings (SSSR count). The zero-order chi connectivity index (χ0) is 12.5. The van der Waals surface area contributed by atoms with Gasteiger partial charge in [0.2, 0.25) is 0 Å². The SMILES string of the molecule is C=CCOc1ccc2c(c1)C(=N)c1ccccc1-2. The van der Waals surface area contributed by atoms with Gasteiger partial charge in [-0.15, -0.1) is 0 Å². The van der Waals surface area contributed by atoms with Crippen LogP contribution < -0.4 is 4.74 Å². The lowest BCUT2D eigenvalue weighted by atomic mass is 10.1. The summed E-state index contributed by atoms with van der Waals surface area (Å²) in [5, 5.41) is 8.21. The molecule has 2 aromatic rings. The monoisotopic (exact) mass is 235 g/mol. The summed E-state index contributed by atoms with van der Waals surface area (Å²) >= 11 is 0. The molecule has 0 saturated carbocycles. The van der Waals surface area contributed by atoms with Crippen LogP contribution in [0.5, 0.6) is 5.75 Å². The molecular weight excluding hydrogens is 222 g/mol. The molecular formula is C16H13NO. The zero-order valence-electron chi connectivity index (χ0n) is 9.94. The number of rotatable bonds is 3. The predicted molar refractivity (Wildman–Crippen MR) is 73.5 cm³/mol. The van der Waals surface area contributed by atoms with Crippen LogP contribution in [0.25, 0.3) is 11.1 Å². The van der Waals surface area contributed by atoms with Crippen molar-refractivity contribution in [2.75, 3.05) is 6.61 Å². The van der Waals surface area contributed by atoms with Crippen LogP contribution >= 0.6 is 0 Å². The van der Waals surface area contributed by atoms with Crippen molar-refractivity contribution in [1.82, 2.24) is 0 Å². The number of benzene rings is 2. The van der Waals surface area contributed by atoms with Gasteiger partial charge in [0.05, 0.1) is 5.71 Å². The van der Waals surface area contributed by atoms with Crippen molar-refractivity contribution < 1.29 is 4.74 Å². The first-order chi connectivity index (χ1) is 8.81. The minimum atomic E-state index is 0.485. The van der Waals surface area contributed by atoms with E-state index in [1.165, 1.54) is 0 Å². The van der Waals surface area contributed by atoms with Crippen molar-refractivity contribution in [3.05, 3.63) is 66.2 Å². The average molecular weight is 235 g/mol. The molecule has 1 N–H and O–H groups in total. The maximum absolute atomic E-state index is 8.21. The average Bonchev–Trinajstić information content (AvgIpc) is 2.71. The molecule has 0 atom stereocenters. The Hall–Kier alpha value is -2.35. The summed E-state index contributed by atoms with van der Waals surface area (Å²) in [4.78, 5) is 0. The summed E-state index contributed by atoms with van der Waals surface area (Å²) in [6.45, 7) is 4.11. The molecule has 2 aromatic carbocycles. The molecule has 0 amide bonds. The second kappa shape index (κ2) is 4.15. The second-order valence-corrected chi connectivity index (χ2v) is 4.23. The van der Waals surface area contributed by atoms with E-state index in [2.05, 4.69) is 12.6 Å². The van der Waals surface area contributed by atoms with Crippen molar-refractivity contribution in [2.45, 2.75) is 0 Å². The zero-order valence-corrected chi connectivity index (χ0v) is 9.94. The van der Waals surface area contributed by atoms with Gasteiger partial charge in [-0.2, -0.15) is 0 Å². The number of hydrogen-bond acceptors (Lipinski definition) is 2. The van der Waals surface area contributed by atoms with Crippen LogP contribution in [-0.2, 0) is 0 Å². The largest absolute Gasteiger partial charge is 0.490 e. The standard InChI is InChI=1S/C16H13NO/c1-2-9-18-11-7-8-13-12-5-3-4-6-14(12)16(17)15(13)10-11/h2-8,10,17H,1,9H2. The molecule has 0 fully saturated rings. The van der Waals surface area contributed by atoms with E-state index < -0.39 is 0 Å². The fourth-order valence-corrected chi connectivity index (χ4v) is 2.29. The summed E-state index contributed by atoms with van der Waals surface area (Å²) in [5.74, 6) is 0.784. The van der Waals surface area contributed by atoms with E-state index in [1.54, 1.807) is 6.08 Å². The minimum absolute atomic E-state index is 0.485. The summed E-state index contributed by atoms with van der Waals surface area (Å²) in [6, 6.07) is 13.9. The number of fused-ring (bicyclic) bond motifs is 3. The Labute approximate surface area is 106 Å². The van der Waals surface area contributed by atoms with E-state index in [1.807, 2.05) is 36.4 Å². The number of hydrogen-bond donors (Lipinski definition) is 1. The maximum atomic E-state index is 8.21. The number of ether oxygens (including phenoxy) is 1. The van der Waals surface area contributed by atoms with Gasteiger partial charge in [0.1, 0.15) is 12.4 Å². The lowest BCUT2D eigenvalue weighted by Gasteiger charge is -2.05. The molecule has 0 spiro atoms. The van der Waals surface area contributed by atoms with Crippen molar-refractivity contribution in [3.8, 4) is 16.9 Å². The Bertz CT molecular complexity index is 643. The highest BCUT2D eigenvalue weighted by Crippen LogP contribution is 2.37. The third-order valence-corrected chi connectivity index (χ3v) is 3.11. The molecule has 0 radical (unpaired) electrons. The Kier molecular flexibility index (Phi) is 2.49. The Morgan fingerprint density at radius 2 is 1.72 bits per heavy atom. The second-order valence-electron chi connectivity index (χ2n) is 4.23. The Morgan fingerprint density at radius 1 is 1.00 bits per heavy atom. The van der Waals surface area contributed by atoms with Crippen molar-refractivity contribution >= 4 is 5.71 Å². The van der Waals surface area contributed by atoms with Crippen LogP contribution in [0, 0.1) is 5.41 Å². The van der Waals surface area contributed by atoms with Crippen LogP contribution in [0.4, 0.5) is 0 Å². The van der Waals surface area contributed by atoms with E-state index in [0.717, 1.165) is 28.0 Å². The highest BCUT2D eigenvalue weighted by atomic mass is 16.5. The van der Waals surface area contributed by atoms with E-state index in [0.29, 0.717) is 12.3 Å². The van der Waals surface area contributed by atoms with Crippen molar-refractivity contribution in [3.63, 3.8) is 0 Å². The third kappa shape index (κ3) is 1.54. The van der Waals surface area contributed by atoms with E-state index in [4.69, 9.17) is 10.1 Å². The molecule has 2 heteroatoms. The maximum Gasteiger partial charge on any atom is 0.120 e. The van der Waals surface area contributed by atoms with Crippen LogP contribution in [0.2, 0.25) is 0 Å². The molecule has 1 aliphatic carbocycles. The van der Waals surface area contributed by atoms with Crippen LogP contribution in [-0.4, -0.2) is 12.3 Å². The molecule has 0 saturated heterocycles. The molecule has 0 aliphatic heterocycles. The van der Waals surface area contributed by atoms with E-state index in [-0.39, 0.29) is 0 Å². The first-order valence-electron chi connectivity index (χ1n) is 5.87. The Morgan fingerprint density at radius 3 is 2.50 bits per heavy atom. The number of nitrogens with one attached hydrogen (secondary N) is 1. The highest BCUT2D eigenvalue weighted by Gasteiger charge is 2.23. The minimum Gasteiger partial charge on any atom is -0.490 e. The molecule has 0 bridgehead atoms. The molecule has 0 heterocycles. The van der Waals surface area contributed by atoms with Crippen molar-refractivity contribution in [1.29, 1.82) is 5.41 Å². The fraction of sp³-hybridized carbons (Fsp3) is 0.0625. The third-order valence-electron chi connectivity index (χ3n) is 3.11. The smallest absolute Gasteiger partial charge is 0.120 e. The first kappa shape index (κ1) is 10.8. The summed E-state index contributed by atoms with van der Waals surface area (Å²) in [7, 11) is 0. The molecule has 2 nitrogen and oxygen atoms in total. The summed E-state index contributed by atoms with van der Waals surface area (Å²) in [6.07, 6.45) is 1.72. The molecule has 1 aliphatic rings. The van der Waals surface area contributed by atoms with Crippen LogP contribution in [0.1, 0.15) is 11.1 Å². The van der Waals surface area contributed by atoms with E-state index in [9.17, 15) is 0 Å². The molecule has 18 heavy (non-hydrogen) atoms. The summed E-state index contributed by atoms with van der Waals surface area (Å²) in [5.41, 5.74) is 4.75. The predicted octanol–water partition coefficient (Wildman–Crippen LogP) is 3.65. The van der Waals surface area contributed by atoms with E-state index >= 15 is 0 Å². The van der Waals surface area contributed by atoms with Gasteiger partial charge >= 0.3 is 0 Å². The van der Waals surface area contributed by atoms with Crippen LogP contribution in [0.15, 0.2) is 55.1 Å². The van der Waals surface area contributed by atoms with Gasteiger partial charge in [0, 0.05) is 11.1 Å². The highest BCUT2D eigenvalue weighted by molar-refractivity contribution is 6.23.